The highest BCUT2D eigenvalue weighted by atomic mass is 16.7. The molecule has 1 saturated heterocycles. The summed E-state index contributed by atoms with van der Waals surface area (Å²) in [7, 11) is 3.00. The van der Waals surface area contributed by atoms with Crippen molar-refractivity contribution in [3.63, 3.8) is 0 Å². The Morgan fingerprint density at radius 3 is 2.32 bits per heavy atom. The lowest BCUT2D eigenvalue weighted by Gasteiger charge is -2.39. The van der Waals surface area contributed by atoms with Crippen LogP contribution in [0.1, 0.15) is 21.5 Å². The predicted molar refractivity (Wildman–Crippen MR) is 114 cm³/mol. The van der Waals surface area contributed by atoms with Crippen LogP contribution in [0.3, 0.4) is 0 Å². The maximum Gasteiger partial charge on any atom is 0.335 e. The zero-order valence-electron chi connectivity index (χ0n) is 18.6. The fraction of sp³-hybridized carbons (Fsp3) is 0.435. The van der Waals surface area contributed by atoms with Crippen molar-refractivity contribution in [2.45, 2.75) is 43.5 Å². The van der Waals surface area contributed by atoms with Gasteiger partial charge in [-0.15, -0.1) is 0 Å². The van der Waals surface area contributed by atoms with Gasteiger partial charge < -0.3 is 49.6 Å². The van der Waals surface area contributed by atoms with E-state index in [1.807, 2.05) is 0 Å². The number of carbonyl (C=O) groups is 1. The molecular weight excluding hydrogens is 452 g/mol. The number of aromatic carboxylic acids is 1. The first-order chi connectivity index (χ1) is 16.2. The molecule has 5 N–H and O–H groups in total. The SMILES string of the molecule is COc1ccc(CCc2cc(O[C@@H]3O[C@H](CO)[C@@H](O)[C@H](O)[C@H]3O)cc([O-])c2C(=O)O)cc1OC. The Bertz CT molecular complexity index is 1010. The van der Waals surface area contributed by atoms with Crippen molar-refractivity contribution < 1.29 is 54.4 Å². The normalized spacial score (nSPS) is 24.5. The van der Waals surface area contributed by atoms with E-state index in [0.717, 1.165) is 11.6 Å². The number of benzene rings is 2. The van der Waals surface area contributed by atoms with Gasteiger partial charge in [-0.1, -0.05) is 11.8 Å². The summed E-state index contributed by atoms with van der Waals surface area (Å²) in [4.78, 5) is 11.7. The fourth-order valence-electron chi connectivity index (χ4n) is 3.77. The summed E-state index contributed by atoms with van der Waals surface area (Å²) in [5.74, 6) is -1.26. The monoisotopic (exact) mass is 479 g/mol. The van der Waals surface area contributed by atoms with Crippen LogP contribution < -0.4 is 19.3 Å². The zero-order chi connectivity index (χ0) is 25.0. The molecule has 3 rings (SSSR count). The van der Waals surface area contributed by atoms with Gasteiger partial charge in [0.15, 0.2) is 11.5 Å². The molecule has 0 aliphatic carbocycles. The molecule has 2 aromatic carbocycles. The number of carboxylic acids is 1. The minimum Gasteiger partial charge on any atom is -0.872 e. The number of aryl methyl sites for hydroxylation is 2. The lowest BCUT2D eigenvalue weighted by atomic mass is 9.98. The van der Waals surface area contributed by atoms with E-state index in [2.05, 4.69) is 0 Å². The third kappa shape index (κ3) is 5.34. The molecule has 11 nitrogen and oxygen atoms in total. The molecule has 1 aliphatic rings. The van der Waals surface area contributed by atoms with Gasteiger partial charge in [0.05, 0.1) is 26.4 Å². The number of carboxylic acid groups (broad SMARTS) is 1. The van der Waals surface area contributed by atoms with Gasteiger partial charge in [-0.05, 0) is 48.2 Å². The van der Waals surface area contributed by atoms with E-state index in [9.17, 15) is 35.4 Å². The summed E-state index contributed by atoms with van der Waals surface area (Å²) in [5, 5.41) is 61.4. The Kier molecular flexibility index (Phi) is 8.18. The van der Waals surface area contributed by atoms with E-state index < -0.39 is 54.6 Å². The third-order valence-electron chi connectivity index (χ3n) is 5.60. The number of rotatable bonds is 9. The molecular formula is C23H27O11-. The standard InChI is InChI=1S/C23H28O11/c1-31-15-6-4-11(7-16(15)32-2)3-5-12-8-13(9-14(25)18(12)22(29)30)33-23-21(28)20(27)19(26)17(10-24)34-23/h4,6-9,17,19-21,23-28H,3,5,10H2,1-2H3,(H,29,30)/p-1/t17-,19-,20+,21-,23-/m1/s1. The lowest BCUT2D eigenvalue weighted by molar-refractivity contribution is -0.279. The molecule has 11 heteroatoms. The number of hydrogen-bond donors (Lipinski definition) is 5. The van der Waals surface area contributed by atoms with Crippen LogP contribution >= 0.6 is 0 Å². The van der Waals surface area contributed by atoms with Crippen LogP contribution in [0.2, 0.25) is 0 Å². The Hall–Kier alpha value is -3.09. The van der Waals surface area contributed by atoms with Gasteiger partial charge in [-0.2, -0.15) is 0 Å². The minimum atomic E-state index is -1.68. The summed E-state index contributed by atoms with van der Waals surface area (Å²) >= 11 is 0. The largest absolute Gasteiger partial charge is 0.872 e. The van der Waals surface area contributed by atoms with Gasteiger partial charge in [0.2, 0.25) is 6.29 Å². The fourth-order valence-corrected chi connectivity index (χ4v) is 3.77. The smallest absolute Gasteiger partial charge is 0.335 e. The summed E-state index contributed by atoms with van der Waals surface area (Å²) in [6.07, 6.45) is -7.08. The number of aliphatic hydroxyl groups is 4. The van der Waals surface area contributed by atoms with Gasteiger partial charge in [-0.25, -0.2) is 4.79 Å². The average molecular weight is 479 g/mol. The highest BCUT2D eigenvalue weighted by molar-refractivity contribution is 5.92. The molecule has 0 radical (unpaired) electrons. The van der Waals surface area contributed by atoms with Crippen LogP contribution in [0.15, 0.2) is 30.3 Å². The second-order valence-electron chi connectivity index (χ2n) is 7.77. The van der Waals surface area contributed by atoms with Gasteiger partial charge in [0, 0.05) is 0 Å². The van der Waals surface area contributed by atoms with Gasteiger partial charge >= 0.3 is 5.97 Å². The van der Waals surface area contributed by atoms with Crippen molar-refractivity contribution in [2.24, 2.45) is 0 Å². The number of aliphatic hydroxyl groups excluding tert-OH is 4. The van der Waals surface area contributed by atoms with Gasteiger partial charge in [0.1, 0.15) is 30.2 Å². The molecule has 1 heterocycles. The Morgan fingerprint density at radius 1 is 1.00 bits per heavy atom. The van der Waals surface area contributed by atoms with E-state index in [1.54, 1.807) is 18.2 Å². The molecule has 0 aromatic heterocycles. The van der Waals surface area contributed by atoms with Crippen molar-refractivity contribution in [3.05, 3.63) is 47.0 Å². The second-order valence-corrected chi connectivity index (χ2v) is 7.77. The molecule has 0 saturated carbocycles. The van der Waals surface area contributed by atoms with Crippen LogP contribution in [0.4, 0.5) is 0 Å². The number of hydrogen-bond acceptors (Lipinski definition) is 10. The third-order valence-corrected chi connectivity index (χ3v) is 5.60. The quantitative estimate of drug-likeness (QED) is 0.311. The van der Waals surface area contributed by atoms with Gasteiger partial charge in [-0.3, -0.25) is 0 Å². The number of methoxy groups -OCH3 is 2. The summed E-state index contributed by atoms with van der Waals surface area (Å²) in [5.41, 5.74) is 0.581. The maximum absolute atomic E-state index is 12.5. The van der Waals surface area contributed by atoms with Crippen molar-refractivity contribution in [1.82, 2.24) is 0 Å². The van der Waals surface area contributed by atoms with Crippen LogP contribution in [0.25, 0.3) is 0 Å². The summed E-state index contributed by atoms with van der Waals surface area (Å²) in [6.45, 7) is -0.647. The van der Waals surface area contributed by atoms with Crippen molar-refractivity contribution in [1.29, 1.82) is 0 Å². The first-order valence-electron chi connectivity index (χ1n) is 10.5. The highest BCUT2D eigenvalue weighted by Gasteiger charge is 2.44. The van der Waals surface area contributed by atoms with Gasteiger partial charge in [0.25, 0.3) is 0 Å². The van der Waals surface area contributed by atoms with Crippen molar-refractivity contribution in [3.8, 4) is 23.0 Å². The Balaban J connectivity index is 1.85. The molecule has 186 valence electrons. The Morgan fingerprint density at radius 2 is 1.71 bits per heavy atom. The minimum absolute atomic E-state index is 0.0957. The molecule has 0 bridgehead atoms. The lowest BCUT2D eigenvalue weighted by Crippen LogP contribution is -2.60. The first-order valence-corrected chi connectivity index (χ1v) is 10.5. The van der Waals surface area contributed by atoms with E-state index >= 15 is 0 Å². The molecule has 34 heavy (non-hydrogen) atoms. The number of ether oxygens (including phenoxy) is 4. The molecule has 0 amide bonds. The Labute approximate surface area is 195 Å². The highest BCUT2D eigenvalue weighted by Crippen LogP contribution is 2.32. The van der Waals surface area contributed by atoms with Crippen molar-refractivity contribution >= 4 is 5.97 Å². The van der Waals surface area contributed by atoms with Crippen molar-refractivity contribution in [2.75, 3.05) is 20.8 Å². The second kappa shape index (κ2) is 10.9. The predicted octanol–water partition coefficient (Wildman–Crippen LogP) is -0.560. The van der Waals surface area contributed by atoms with E-state index in [-0.39, 0.29) is 17.7 Å². The van der Waals surface area contributed by atoms with E-state index in [4.69, 9.17) is 18.9 Å². The first kappa shape index (κ1) is 25.5. The van der Waals surface area contributed by atoms with Crippen LogP contribution in [-0.4, -0.2) is 83.0 Å². The maximum atomic E-state index is 12.5. The molecule has 0 unspecified atom stereocenters. The topological polar surface area (TPSA) is 178 Å². The average Bonchev–Trinajstić information content (AvgIpc) is 2.82. The van der Waals surface area contributed by atoms with Crippen LogP contribution in [-0.2, 0) is 17.6 Å². The van der Waals surface area contributed by atoms with E-state index in [1.165, 1.54) is 20.3 Å². The van der Waals surface area contributed by atoms with Crippen LogP contribution in [0.5, 0.6) is 23.0 Å². The molecule has 1 fully saturated rings. The summed E-state index contributed by atoms with van der Waals surface area (Å²) in [6, 6.07) is 7.52. The summed E-state index contributed by atoms with van der Waals surface area (Å²) < 4.78 is 21.3. The van der Waals surface area contributed by atoms with E-state index in [0.29, 0.717) is 17.9 Å². The molecule has 1 aliphatic heterocycles. The molecule has 2 aromatic rings. The van der Waals surface area contributed by atoms with Crippen LogP contribution in [0, 0.1) is 0 Å². The molecule has 5 atom stereocenters. The zero-order valence-corrected chi connectivity index (χ0v) is 18.6. The molecule has 0 spiro atoms.